The van der Waals surface area contributed by atoms with E-state index in [9.17, 15) is 14.4 Å². The molecule has 9 heteroatoms. The van der Waals surface area contributed by atoms with Crippen LogP contribution in [0.25, 0.3) is 10.9 Å². The zero-order chi connectivity index (χ0) is 25.5. The number of fused-ring (bicyclic) bond motifs is 1. The number of carbonyl (C=O) groups excluding carboxylic acids is 3. The predicted octanol–water partition coefficient (Wildman–Crippen LogP) is 3.63. The fourth-order valence-electron chi connectivity index (χ4n) is 4.75. The van der Waals surface area contributed by atoms with Crippen molar-refractivity contribution in [1.82, 2.24) is 10.3 Å². The molecule has 3 aromatic rings. The van der Waals surface area contributed by atoms with Crippen molar-refractivity contribution in [3.63, 3.8) is 0 Å². The maximum absolute atomic E-state index is 13.4. The van der Waals surface area contributed by atoms with Crippen molar-refractivity contribution >= 4 is 40.6 Å². The Labute approximate surface area is 209 Å². The van der Waals surface area contributed by atoms with Crippen LogP contribution in [-0.4, -0.2) is 35.6 Å². The number of anilines is 1. The van der Waals surface area contributed by atoms with Crippen molar-refractivity contribution in [1.29, 1.82) is 0 Å². The van der Waals surface area contributed by atoms with E-state index < -0.39 is 23.8 Å². The molecule has 1 heterocycles. The van der Waals surface area contributed by atoms with E-state index in [-0.39, 0.29) is 24.8 Å². The Balaban J connectivity index is 1.47. The van der Waals surface area contributed by atoms with E-state index in [2.05, 4.69) is 20.7 Å². The number of rotatable bonds is 9. The summed E-state index contributed by atoms with van der Waals surface area (Å²) < 4.78 is 5.14. The highest BCUT2D eigenvalue weighted by Crippen LogP contribution is 2.34. The minimum Gasteiger partial charge on any atom is -0.466 e. The Morgan fingerprint density at radius 2 is 1.83 bits per heavy atom. The highest BCUT2D eigenvalue weighted by molar-refractivity contribution is 5.97. The quantitative estimate of drug-likeness (QED) is 0.157. The zero-order valence-electron chi connectivity index (χ0n) is 20.2. The van der Waals surface area contributed by atoms with Crippen LogP contribution in [0.3, 0.4) is 0 Å². The van der Waals surface area contributed by atoms with Gasteiger partial charge in [0.15, 0.2) is 0 Å². The first kappa shape index (κ1) is 25.0. The lowest BCUT2D eigenvalue weighted by molar-refractivity contribution is -0.144. The van der Waals surface area contributed by atoms with Gasteiger partial charge in [0, 0.05) is 28.7 Å². The molecule has 0 radical (unpaired) electrons. The normalized spacial score (nSPS) is 18.2. The van der Waals surface area contributed by atoms with E-state index in [0.29, 0.717) is 18.5 Å². The van der Waals surface area contributed by atoms with Gasteiger partial charge in [-0.15, -0.1) is 0 Å². The highest BCUT2D eigenvalue weighted by atomic mass is 16.5. The number of hydrazone groups is 1. The molecule has 188 valence electrons. The van der Waals surface area contributed by atoms with Crippen molar-refractivity contribution in [2.45, 2.75) is 38.6 Å². The van der Waals surface area contributed by atoms with Gasteiger partial charge in [0.1, 0.15) is 0 Å². The molecule has 2 aromatic carbocycles. The first-order valence-corrected chi connectivity index (χ1v) is 12.2. The lowest BCUT2D eigenvalue weighted by Gasteiger charge is -2.23. The lowest BCUT2D eigenvalue weighted by Crippen LogP contribution is -2.39. The second-order valence-electron chi connectivity index (χ2n) is 8.92. The maximum atomic E-state index is 13.4. The smallest absolute Gasteiger partial charge is 0.308 e. The number of ether oxygens (including phenoxy) is 1. The van der Waals surface area contributed by atoms with Gasteiger partial charge >= 0.3 is 5.97 Å². The van der Waals surface area contributed by atoms with Crippen molar-refractivity contribution in [2.75, 3.05) is 11.9 Å². The summed E-state index contributed by atoms with van der Waals surface area (Å²) in [5.41, 5.74) is 3.09. The summed E-state index contributed by atoms with van der Waals surface area (Å²) in [6.45, 7) is 2.01. The van der Waals surface area contributed by atoms with Gasteiger partial charge in [-0.25, -0.2) is 0 Å². The first-order valence-electron chi connectivity index (χ1n) is 12.2. The van der Waals surface area contributed by atoms with Crippen LogP contribution in [0, 0.1) is 11.8 Å². The summed E-state index contributed by atoms with van der Waals surface area (Å²) in [7, 11) is 0. The molecule has 36 heavy (non-hydrogen) atoms. The summed E-state index contributed by atoms with van der Waals surface area (Å²) in [5, 5.41) is 10.4. The van der Waals surface area contributed by atoms with Crippen molar-refractivity contribution < 1.29 is 19.1 Å². The fraction of sp³-hybridized carbons (Fsp3) is 0.333. The van der Waals surface area contributed by atoms with Crippen molar-refractivity contribution in [3.05, 3.63) is 65.9 Å². The molecule has 4 rings (SSSR count). The van der Waals surface area contributed by atoms with Gasteiger partial charge < -0.3 is 26.2 Å². The highest BCUT2D eigenvalue weighted by Gasteiger charge is 2.39. The second-order valence-corrected chi connectivity index (χ2v) is 8.92. The van der Waals surface area contributed by atoms with E-state index >= 15 is 0 Å². The number of nitrogens with zero attached hydrogens (tertiary/aromatic N) is 1. The Morgan fingerprint density at radius 3 is 2.53 bits per heavy atom. The second kappa shape index (κ2) is 11.5. The molecule has 3 atom stereocenters. The third-order valence-electron chi connectivity index (χ3n) is 6.51. The molecule has 0 bridgehead atoms. The summed E-state index contributed by atoms with van der Waals surface area (Å²) in [6, 6.07) is 16.2. The van der Waals surface area contributed by atoms with Gasteiger partial charge in [-0.05, 0) is 55.0 Å². The Bertz CT molecular complexity index is 1220. The molecule has 0 saturated heterocycles. The molecule has 5 N–H and O–H groups in total. The summed E-state index contributed by atoms with van der Waals surface area (Å²) in [6.07, 6.45) is 3.51. The van der Waals surface area contributed by atoms with Gasteiger partial charge in [0.25, 0.3) is 0 Å². The molecule has 1 aromatic heterocycles. The molecule has 3 unspecified atom stereocenters. The number of nitrogens with one attached hydrogen (secondary N) is 3. The zero-order valence-corrected chi connectivity index (χ0v) is 20.2. The Morgan fingerprint density at radius 1 is 1.11 bits per heavy atom. The number of aromatic nitrogens is 1. The summed E-state index contributed by atoms with van der Waals surface area (Å²) >= 11 is 0. The summed E-state index contributed by atoms with van der Waals surface area (Å²) in [5.74, 6) is 3.40. The number of hydrogen-bond acceptors (Lipinski definition) is 6. The number of nitrogens with two attached hydrogens (primary N) is 1. The maximum Gasteiger partial charge on any atom is 0.308 e. The number of hydrogen-bond donors (Lipinski definition) is 4. The van der Waals surface area contributed by atoms with Crippen molar-refractivity contribution in [3.8, 4) is 0 Å². The number of para-hydroxylation sites is 1. The lowest BCUT2D eigenvalue weighted by atomic mass is 9.93. The molecule has 0 aliphatic heterocycles. The van der Waals surface area contributed by atoms with Crippen molar-refractivity contribution in [2.24, 2.45) is 22.8 Å². The fourth-order valence-corrected chi connectivity index (χ4v) is 4.75. The minimum absolute atomic E-state index is 0.00552. The average molecular weight is 490 g/mol. The molecular weight excluding hydrogens is 458 g/mol. The molecule has 1 saturated carbocycles. The largest absolute Gasteiger partial charge is 0.466 e. The first-order chi connectivity index (χ1) is 17.5. The topological polar surface area (TPSA) is 139 Å². The molecule has 0 spiro atoms. The number of esters is 1. The standard InChI is InChI=1S/C27H31N5O4/c1-2-36-25(33)15-24(23-14-18-6-3-4-9-22(18)31-23)32-27(35)21-8-5-7-20(21)26(34)30-19-12-10-17(11-13-19)16-29-28/h3-4,6,9-14,16,20-21,24,31H,2,5,7-8,15,28H2,1H3,(H,30,34)(H,32,35). The van der Waals surface area contributed by atoms with E-state index in [1.54, 1.807) is 31.2 Å². The van der Waals surface area contributed by atoms with Gasteiger partial charge in [0.2, 0.25) is 11.8 Å². The third kappa shape index (κ3) is 5.91. The van der Waals surface area contributed by atoms with Crippen LogP contribution in [-0.2, 0) is 19.1 Å². The van der Waals surface area contributed by atoms with Gasteiger partial charge in [-0.2, -0.15) is 5.10 Å². The van der Waals surface area contributed by atoms with Gasteiger partial charge in [-0.1, -0.05) is 36.8 Å². The van der Waals surface area contributed by atoms with E-state index in [4.69, 9.17) is 10.6 Å². The van der Waals surface area contributed by atoms with E-state index in [1.807, 2.05) is 30.3 Å². The van der Waals surface area contributed by atoms with E-state index in [0.717, 1.165) is 28.6 Å². The van der Waals surface area contributed by atoms with Crippen LogP contribution < -0.4 is 16.5 Å². The number of carbonyl (C=O) groups is 3. The average Bonchev–Trinajstić information content (AvgIpc) is 3.53. The van der Waals surface area contributed by atoms with Gasteiger partial charge in [-0.3, -0.25) is 14.4 Å². The van der Waals surface area contributed by atoms with Crippen LogP contribution in [0.4, 0.5) is 5.69 Å². The molecule has 1 aliphatic rings. The molecular formula is C27H31N5O4. The molecule has 1 fully saturated rings. The molecule has 1 aliphatic carbocycles. The summed E-state index contributed by atoms with van der Waals surface area (Å²) in [4.78, 5) is 42.1. The number of aromatic amines is 1. The third-order valence-corrected chi connectivity index (χ3v) is 6.51. The Kier molecular flexibility index (Phi) is 7.99. The molecule has 9 nitrogen and oxygen atoms in total. The van der Waals surface area contributed by atoms with Gasteiger partial charge in [0.05, 0.1) is 25.3 Å². The van der Waals surface area contributed by atoms with Crippen LogP contribution in [0.1, 0.15) is 49.9 Å². The molecule has 2 amide bonds. The number of amides is 2. The Hall–Kier alpha value is -4.14. The van der Waals surface area contributed by atoms with Crippen LogP contribution in [0.2, 0.25) is 0 Å². The minimum atomic E-state index is -0.593. The number of benzene rings is 2. The predicted molar refractivity (Wildman–Crippen MR) is 138 cm³/mol. The van der Waals surface area contributed by atoms with Crippen LogP contribution in [0.5, 0.6) is 0 Å². The monoisotopic (exact) mass is 489 g/mol. The SMILES string of the molecule is CCOC(=O)CC(NC(=O)C1CCCC1C(=O)Nc1ccc(C=NN)cc1)c1cc2ccccc2[nH]1. The van der Waals surface area contributed by atoms with Crippen LogP contribution >= 0.6 is 0 Å². The number of H-pyrrole nitrogens is 1. The van der Waals surface area contributed by atoms with Crippen LogP contribution in [0.15, 0.2) is 59.7 Å². The van der Waals surface area contributed by atoms with E-state index in [1.165, 1.54) is 6.21 Å².